The zero-order chi connectivity index (χ0) is 11.8. The van der Waals surface area contributed by atoms with Gasteiger partial charge in [0.1, 0.15) is 0 Å². The highest BCUT2D eigenvalue weighted by Gasteiger charge is 2.07. The Morgan fingerprint density at radius 2 is 1.71 bits per heavy atom. The van der Waals surface area contributed by atoms with Crippen molar-refractivity contribution in [2.24, 2.45) is 0 Å². The van der Waals surface area contributed by atoms with Crippen LogP contribution in [-0.4, -0.2) is 4.98 Å². The molecule has 0 aliphatic carbocycles. The molecule has 0 spiro atoms. The van der Waals surface area contributed by atoms with Crippen LogP contribution < -0.4 is 0 Å². The van der Waals surface area contributed by atoms with E-state index in [-0.39, 0.29) is 0 Å². The van der Waals surface area contributed by atoms with Crippen molar-refractivity contribution in [3.8, 4) is 11.3 Å². The summed E-state index contributed by atoms with van der Waals surface area (Å²) in [4.78, 5) is 5.90. The fourth-order valence-corrected chi connectivity index (χ4v) is 2.97. The van der Waals surface area contributed by atoms with Crippen molar-refractivity contribution in [3.05, 3.63) is 52.3 Å². The number of aromatic nitrogens is 1. The fourth-order valence-electron chi connectivity index (χ4n) is 2.13. The molecule has 0 aliphatic heterocycles. The Balaban J connectivity index is 2.21. The highest BCUT2D eigenvalue weighted by atomic mass is 32.1. The lowest BCUT2D eigenvalue weighted by molar-refractivity contribution is 1.29. The number of benzene rings is 2. The molecule has 0 atom stereocenters. The Morgan fingerprint density at radius 1 is 0.941 bits per heavy atom. The summed E-state index contributed by atoms with van der Waals surface area (Å²) >= 11 is 1.76. The van der Waals surface area contributed by atoms with Gasteiger partial charge in [0.15, 0.2) is 0 Å². The zero-order valence-corrected chi connectivity index (χ0v) is 10.7. The monoisotopic (exact) mass is 239 g/mol. The summed E-state index contributed by atoms with van der Waals surface area (Å²) in [6.45, 7) is 4.19. The summed E-state index contributed by atoms with van der Waals surface area (Å²) in [6, 6.07) is 15.0. The molecule has 0 amide bonds. The molecule has 0 unspecified atom stereocenters. The minimum Gasteiger partial charge on any atom is -0.241 e. The molecule has 0 radical (unpaired) electrons. The number of aryl methyl sites for hydroxylation is 2. The van der Waals surface area contributed by atoms with Crippen LogP contribution in [0.25, 0.3) is 22.0 Å². The van der Waals surface area contributed by atoms with Gasteiger partial charge in [0.05, 0.1) is 10.7 Å². The van der Waals surface area contributed by atoms with E-state index in [1.807, 2.05) is 0 Å². The number of fused-ring (bicyclic) bond motifs is 1. The van der Waals surface area contributed by atoms with E-state index in [1.165, 1.54) is 21.2 Å². The summed E-state index contributed by atoms with van der Waals surface area (Å²) in [5.74, 6) is 0. The van der Waals surface area contributed by atoms with Gasteiger partial charge in [-0.05, 0) is 30.7 Å². The highest BCUT2D eigenvalue weighted by molar-refractivity contribution is 7.11. The van der Waals surface area contributed by atoms with Crippen molar-refractivity contribution in [1.82, 2.24) is 4.98 Å². The maximum Gasteiger partial charge on any atom is 0.0904 e. The molecule has 1 aromatic heterocycles. The first-order chi connectivity index (χ1) is 8.24. The lowest BCUT2D eigenvalue weighted by Gasteiger charge is -2.02. The van der Waals surface area contributed by atoms with Gasteiger partial charge in [0.2, 0.25) is 0 Å². The Kier molecular flexibility index (Phi) is 2.45. The van der Waals surface area contributed by atoms with Crippen LogP contribution in [0, 0.1) is 13.8 Å². The van der Waals surface area contributed by atoms with E-state index < -0.39 is 0 Å². The summed E-state index contributed by atoms with van der Waals surface area (Å²) in [5.41, 5.74) is 2.34. The lowest BCUT2D eigenvalue weighted by Crippen LogP contribution is -1.81. The zero-order valence-electron chi connectivity index (χ0n) is 9.90. The van der Waals surface area contributed by atoms with Gasteiger partial charge in [-0.2, -0.15) is 0 Å². The van der Waals surface area contributed by atoms with Gasteiger partial charge in [-0.3, -0.25) is 0 Å². The van der Waals surface area contributed by atoms with Crippen molar-refractivity contribution in [1.29, 1.82) is 0 Å². The van der Waals surface area contributed by atoms with Crippen LogP contribution in [0.1, 0.15) is 9.88 Å². The predicted octanol–water partition coefficient (Wildman–Crippen LogP) is 4.58. The van der Waals surface area contributed by atoms with E-state index in [0.717, 1.165) is 10.7 Å². The third kappa shape index (κ3) is 1.85. The predicted molar refractivity (Wildman–Crippen MR) is 74.5 cm³/mol. The van der Waals surface area contributed by atoms with E-state index in [1.54, 1.807) is 11.3 Å². The number of hydrogen-bond donors (Lipinski definition) is 0. The van der Waals surface area contributed by atoms with E-state index in [9.17, 15) is 0 Å². The van der Waals surface area contributed by atoms with Gasteiger partial charge in [0, 0.05) is 10.4 Å². The molecule has 2 heteroatoms. The summed E-state index contributed by atoms with van der Waals surface area (Å²) < 4.78 is 0. The van der Waals surface area contributed by atoms with Gasteiger partial charge in [-0.1, -0.05) is 36.4 Å². The third-order valence-corrected chi connectivity index (χ3v) is 3.81. The van der Waals surface area contributed by atoms with Crippen LogP contribution in [0.3, 0.4) is 0 Å². The second kappa shape index (κ2) is 3.97. The van der Waals surface area contributed by atoms with Crippen LogP contribution in [0.4, 0.5) is 0 Å². The first-order valence-corrected chi connectivity index (χ1v) is 6.49. The molecule has 2 aromatic carbocycles. The molecule has 0 fully saturated rings. The average Bonchev–Trinajstić information content (AvgIpc) is 2.68. The smallest absolute Gasteiger partial charge is 0.0904 e. The Hall–Kier alpha value is -1.67. The SMILES string of the molecule is Cc1nc(-c2ccc3ccccc3c2)c(C)s1. The number of thiazole rings is 1. The second-order valence-electron chi connectivity index (χ2n) is 4.20. The van der Waals surface area contributed by atoms with Gasteiger partial charge >= 0.3 is 0 Å². The van der Waals surface area contributed by atoms with Crippen LogP contribution in [0.5, 0.6) is 0 Å². The molecule has 1 heterocycles. The molecule has 1 nitrogen and oxygen atoms in total. The molecule has 17 heavy (non-hydrogen) atoms. The third-order valence-electron chi connectivity index (χ3n) is 2.93. The van der Waals surface area contributed by atoms with Crippen molar-refractivity contribution in [3.63, 3.8) is 0 Å². The van der Waals surface area contributed by atoms with E-state index in [0.29, 0.717) is 0 Å². The second-order valence-corrected chi connectivity index (χ2v) is 5.61. The van der Waals surface area contributed by atoms with Gasteiger partial charge < -0.3 is 0 Å². The van der Waals surface area contributed by atoms with Crippen molar-refractivity contribution >= 4 is 22.1 Å². The van der Waals surface area contributed by atoms with E-state index >= 15 is 0 Å². The fraction of sp³-hybridized carbons (Fsp3) is 0.133. The first-order valence-electron chi connectivity index (χ1n) is 5.67. The Morgan fingerprint density at radius 3 is 2.41 bits per heavy atom. The maximum atomic E-state index is 4.61. The number of rotatable bonds is 1. The largest absolute Gasteiger partial charge is 0.241 e. The number of nitrogens with zero attached hydrogens (tertiary/aromatic N) is 1. The quantitative estimate of drug-likeness (QED) is 0.605. The Labute approximate surface area is 105 Å². The standard InChI is InChI=1S/C15H13NS/c1-10-15(16-11(2)17-10)14-8-7-12-5-3-4-6-13(12)9-14/h3-9H,1-2H3. The van der Waals surface area contributed by atoms with Gasteiger partial charge in [-0.25, -0.2) is 4.98 Å². The summed E-state index contributed by atoms with van der Waals surface area (Å²) in [7, 11) is 0. The Bertz CT molecular complexity index is 682. The molecule has 3 aromatic rings. The molecule has 0 aliphatic rings. The normalized spacial score (nSPS) is 10.9. The molecule has 0 bridgehead atoms. The highest BCUT2D eigenvalue weighted by Crippen LogP contribution is 2.29. The molecule has 0 N–H and O–H groups in total. The molecular formula is C15H13NS. The summed E-state index contributed by atoms with van der Waals surface area (Å²) in [5, 5.41) is 3.68. The lowest BCUT2D eigenvalue weighted by atomic mass is 10.0. The molecule has 0 saturated heterocycles. The molecular weight excluding hydrogens is 226 g/mol. The molecule has 3 rings (SSSR count). The van der Waals surface area contributed by atoms with Crippen molar-refractivity contribution in [2.75, 3.05) is 0 Å². The molecule has 84 valence electrons. The first kappa shape index (κ1) is 10.5. The van der Waals surface area contributed by atoms with Crippen LogP contribution in [0.15, 0.2) is 42.5 Å². The van der Waals surface area contributed by atoms with Crippen LogP contribution in [0.2, 0.25) is 0 Å². The van der Waals surface area contributed by atoms with E-state index in [2.05, 4.69) is 61.3 Å². The summed E-state index contributed by atoms with van der Waals surface area (Å²) in [6.07, 6.45) is 0. The maximum absolute atomic E-state index is 4.61. The van der Waals surface area contributed by atoms with Crippen molar-refractivity contribution < 1.29 is 0 Å². The van der Waals surface area contributed by atoms with Gasteiger partial charge in [-0.15, -0.1) is 11.3 Å². The van der Waals surface area contributed by atoms with Gasteiger partial charge in [0.25, 0.3) is 0 Å². The van der Waals surface area contributed by atoms with E-state index in [4.69, 9.17) is 0 Å². The topological polar surface area (TPSA) is 12.9 Å². The van der Waals surface area contributed by atoms with Crippen LogP contribution >= 0.6 is 11.3 Å². The van der Waals surface area contributed by atoms with Crippen LogP contribution in [-0.2, 0) is 0 Å². The molecule has 0 saturated carbocycles. The average molecular weight is 239 g/mol. The van der Waals surface area contributed by atoms with Crippen molar-refractivity contribution in [2.45, 2.75) is 13.8 Å². The minimum atomic E-state index is 1.12. The number of hydrogen-bond acceptors (Lipinski definition) is 2. The minimum absolute atomic E-state index is 1.12.